The number of nitrogens with zero attached hydrogens (tertiary/aromatic N) is 3. The van der Waals surface area contributed by atoms with E-state index in [4.69, 9.17) is 9.84 Å². The molecule has 1 aliphatic carbocycles. The summed E-state index contributed by atoms with van der Waals surface area (Å²) in [5.74, 6) is -0.0248. The summed E-state index contributed by atoms with van der Waals surface area (Å²) in [5.41, 5.74) is 0.716. The Morgan fingerprint density at radius 3 is 2.29 bits per heavy atom. The summed E-state index contributed by atoms with van der Waals surface area (Å²) < 4.78 is 5.89. The smallest absolute Gasteiger partial charge is 0.410 e. The highest BCUT2D eigenvalue weighted by molar-refractivity contribution is 5.70. The molecule has 31 heavy (non-hydrogen) atoms. The van der Waals surface area contributed by atoms with Gasteiger partial charge in [-0.15, -0.1) is 0 Å². The largest absolute Gasteiger partial charge is 0.481 e. The molecule has 0 bridgehead atoms. The van der Waals surface area contributed by atoms with E-state index in [0.717, 1.165) is 45.2 Å². The van der Waals surface area contributed by atoms with E-state index in [1.54, 1.807) is 11.9 Å². The fourth-order valence-corrected chi connectivity index (χ4v) is 5.06. The van der Waals surface area contributed by atoms with Crippen LogP contribution in [0.2, 0.25) is 0 Å². The first-order valence-electron chi connectivity index (χ1n) is 11.6. The molecule has 3 rings (SSSR count). The molecular formula is C24H37N3O4. The molecule has 172 valence electrons. The highest BCUT2D eigenvalue weighted by Crippen LogP contribution is 2.32. The van der Waals surface area contributed by atoms with Crippen molar-refractivity contribution >= 4 is 17.7 Å². The van der Waals surface area contributed by atoms with Crippen LogP contribution in [0.5, 0.6) is 0 Å². The maximum absolute atomic E-state index is 12.7. The molecule has 7 heteroatoms. The summed E-state index contributed by atoms with van der Waals surface area (Å²) in [4.78, 5) is 31.9. The second kappa shape index (κ2) is 10.3. The van der Waals surface area contributed by atoms with Crippen molar-refractivity contribution in [3.63, 3.8) is 0 Å². The van der Waals surface area contributed by atoms with Gasteiger partial charge in [0.2, 0.25) is 0 Å². The van der Waals surface area contributed by atoms with Crippen molar-refractivity contribution in [2.75, 3.05) is 31.6 Å². The Morgan fingerprint density at radius 2 is 1.71 bits per heavy atom. The van der Waals surface area contributed by atoms with Crippen LogP contribution in [0.1, 0.15) is 58.8 Å². The van der Waals surface area contributed by atoms with Crippen molar-refractivity contribution in [1.82, 2.24) is 9.88 Å². The van der Waals surface area contributed by atoms with Crippen LogP contribution in [0.3, 0.4) is 0 Å². The van der Waals surface area contributed by atoms with Crippen LogP contribution in [0, 0.1) is 17.8 Å². The number of aromatic nitrogens is 1. The van der Waals surface area contributed by atoms with Crippen molar-refractivity contribution in [3.05, 3.63) is 24.5 Å². The predicted molar refractivity (Wildman–Crippen MR) is 120 cm³/mol. The number of pyridine rings is 1. The Hall–Kier alpha value is -2.31. The molecule has 0 unspecified atom stereocenters. The molecule has 1 saturated heterocycles. The molecule has 1 aromatic rings. The molecule has 0 spiro atoms. The molecular weight excluding hydrogens is 394 g/mol. The van der Waals surface area contributed by atoms with Gasteiger partial charge in [0.15, 0.2) is 0 Å². The van der Waals surface area contributed by atoms with Gasteiger partial charge in [0.25, 0.3) is 0 Å². The minimum absolute atomic E-state index is 0.225. The molecule has 1 amide bonds. The summed E-state index contributed by atoms with van der Waals surface area (Å²) in [6.07, 6.45) is 9.54. The van der Waals surface area contributed by atoms with E-state index in [9.17, 15) is 9.59 Å². The molecule has 0 atom stereocenters. The van der Waals surface area contributed by atoms with E-state index in [1.165, 1.54) is 5.69 Å². The van der Waals surface area contributed by atoms with Crippen molar-refractivity contribution < 1.29 is 19.4 Å². The molecule has 0 aromatic carbocycles. The monoisotopic (exact) mass is 431 g/mol. The minimum atomic E-state index is -0.695. The standard InChI is InChI=1S/C24H37N3O4/c1-24(2,16-18-10-14-27(15-11-18)21-8-12-25-13-9-21)31-23(30)26(3)17-19-4-6-20(7-5-19)22(28)29/h8-9,12-13,18-20H,4-7,10-11,14-17H2,1-3H3,(H,28,29). The van der Waals surface area contributed by atoms with Crippen LogP contribution in [-0.4, -0.2) is 59.3 Å². The van der Waals surface area contributed by atoms with Gasteiger partial charge >= 0.3 is 12.1 Å². The van der Waals surface area contributed by atoms with Crippen LogP contribution >= 0.6 is 0 Å². The number of carbonyl (C=O) groups is 2. The molecule has 7 nitrogen and oxygen atoms in total. The normalized spacial score (nSPS) is 22.7. The maximum Gasteiger partial charge on any atom is 0.410 e. The number of hydrogen-bond donors (Lipinski definition) is 1. The Kier molecular flexibility index (Phi) is 7.79. The lowest BCUT2D eigenvalue weighted by Gasteiger charge is -2.37. The Morgan fingerprint density at radius 1 is 1.10 bits per heavy atom. The molecule has 2 heterocycles. The van der Waals surface area contributed by atoms with E-state index < -0.39 is 11.6 Å². The third-order valence-electron chi connectivity index (χ3n) is 6.83. The topological polar surface area (TPSA) is 83.0 Å². The first-order chi connectivity index (χ1) is 14.7. The molecule has 0 radical (unpaired) electrons. The third-order valence-corrected chi connectivity index (χ3v) is 6.83. The number of hydrogen-bond acceptors (Lipinski definition) is 5. The van der Waals surface area contributed by atoms with E-state index in [2.05, 4.69) is 22.0 Å². The average molecular weight is 432 g/mol. The van der Waals surface area contributed by atoms with Crippen LogP contribution in [0.15, 0.2) is 24.5 Å². The number of carbonyl (C=O) groups excluding carboxylic acids is 1. The Bertz CT molecular complexity index is 724. The highest BCUT2D eigenvalue weighted by Gasteiger charge is 2.32. The molecule has 1 N–H and O–H groups in total. The number of ether oxygens (including phenoxy) is 1. The van der Waals surface area contributed by atoms with E-state index in [0.29, 0.717) is 31.2 Å². The van der Waals surface area contributed by atoms with Gasteiger partial charge < -0.3 is 19.6 Å². The quantitative estimate of drug-likeness (QED) is 0.688. The van der Waals surface area contributed by atoms with Crippen molar-refractivity contribution in [2.24, 2.45) is 17.8 Å². The van der Waals surface area contributed by atoms with Crippen LogP contribution in [0.25, 0.3) is 0 Å². The van der Waals surface area contributed by atoms with Gasteiger partial charge in [-0.25, -0.2) is 4.79 Å². The SMILES string of the molecule is CN(CC1CCC(C(=O)O)CC1)C(=O)OC(C)(C)CC1CCN(c2ccncc2)CC1. The van der Waals surface area contributed by atoms with E-state index in [-0.39, 0.29) is 12.0 Å². The zero-order valence-corrected chi connectivity index (χ0v) is 19.1. The second-order valence-corrected chi connectivity index (χ2v) is 9.90. The van der Waals surface area contributed by atoms with Crippen molar-refractivity contribution in [3.8, 4) is 0 Å². The van der Waals surface area contributed by atoms with Gasteiger partial charge in [-0.1, -0.05) is 0 Å². The summed E-state index contributed by atoms with van der Waals surface area (Å²) in [6, 6.07) is 4.10. The van der Waals surface area contributed by atoms with Gasteiger partial charge in [0.05, 0.1) is 5.92 Å². The molecule has 1 saturated carbocycles. The van der Waals surface area contributed by atoms with Gasteiger partial charge in [-0.3, -0.25) is 9.78 Å². The van der Waals surface area contributed by atoms with Crippen LogP contribution < -0.4 is 4.90 Å². The van der Waals surface area contributed by atoms with Crippen molar-refractivity contribution in [2.45, 2.75) is 64.4 Å². The van der Waals surface area contributed by atoms with Gasteiger partial charge in [-0.05, 0) is 82.8 Å². The first-order valence-corrected chi connectivity index (χ1v) is 11.6. The number of carboxylic acids is 1. The molecule has 2 aliphatic rings. The summed E-state index contributed by atoms with van der Waals surface area (Å²) in [7, 11) is 1.79. The van der Waals surface area contributed by atoms with Gasteiger partial charge in [0.1, 0.15) is 5.60 Å². The lowest BCUT2D eigenvalue weighted by molar-refractivity contribution is -0.143. The number of carboxylic acid groups (broad SMARTS) is 1. The van der Waals surface area contributed by atoms with Gasteiger partial charge in [0, 0.05) is 44.8 Å². The first kappa shape index (κ1) is 23.4. The zero-order valence-electron chi connectivity index (χ0n) is 19.1. The zero-order chi connectivity index (χ0) is 22.4. The second-order valence-electron chi connectivity index (χ2n) is 9.90. The number of piperidine rings is 1. The number of anilines is 1. The summed E-state index contributed by atoms with van der Waals surface area (Å²) >= 11 is 0. The molecule has 1 aromatic heterocycles. The van der Waals surface area contributed by atoms with E-state index in [1.807, 2.05) is 26.2 Å². The van der Waals surface area contributed by atoms with Crippen molar-refractivity contribution in [1.29, 1.82) is 0 Å². The van der Waals surface area contributed by atoms with Gasteiger partial charge in [-0.2, -0.15) is 0 Å². The van der Waals surface area contributed by atoms with Crippen LogP contribution in [-0.2, 0) is 9.53 Å². The number of amides is 1. The maximum atomic E-state index is 12.7. The minimum Gasteiger partial charge on any atom is -0.481 e. The number of aliphatic carboxylic acids is 1. The van der Waals surface area contributed by atoms with Crippen LogP contribution in [0.4, 0.5) is 10.5 Å². The molecule has 1 aliphatic heterocycles. The lowest BCUT2D eigenvalue weighted by Crippen LogP contribution is -2.41. The highest BCUT2D eigenvalue weighted by atomic mass is 16.6. The Balaban J connectivity index is 1.40. The van der Waals surface area contributed by atoms with E-state index >= 15 is 0 Å². The third kappa shape index (κ3) is 6.84. The predicted octanol–water partition coefficient (Wildman–Crippen LogP) is 4.43. The fraction of sp³-hybridized carbons (Fsp3) is 0.708. The summed E-state index contributed by atoms with van der Waals surface area (Å²) in [5, 5.41) is 9.14. The fourth-order valence-electron chi connectivity index (χ4n) is 5.06. The molecule has 2 fully saturated rings. The lowest BCUT2D eigenvalue weighted by atomic mass is 9.82. The number of rotatable bonds is 7. The summed E-state index contributed by atoms with van der Waals surface area (Å²) in [6.45, 7) is 6.67. The Labute approximate surface area is 185 Å². The average Bonchev–Trinajstić information content (AvgIpc) is 2.74.